The van der Waals surface area contributed by atoms with Crippen LogP contribution in [0.15, 0.2) is 76.7 Å². The molecule has 130 valence electrons. The van der Waals surface area contributed by atoms with Gasteiger partial charge >= 0.3 is 11.8 Å². The van der Waals surface area contributed by atoms with E-state index in [9.17, 15) is 9.59 Å². The highest BCUT2D eigenvalue weighted by Crippen LogP contribution is 2.22. The largest absolute Gasteiger partial charge is 0.329 e. The van der Waals surface area contributed by atoms with Crippen molar-refractivity contribution in [3.05, 3.63) is 72.3 Å². The van der Waals surface area contributed by atoms with Crippen LogP contribution in [0.25, 0.3) is 10.8 Å². The molecule has 0 atom stereocenters. The molecule has 0 unspecified atom stereocenters. The van der Waals surface area contributed by atoms with Crippen LogP contribution in [0.2, 0.25) is 0 Å². The van der Waals surface area contributed by atoms with Crippen molar-refractivity contribution in [1.82, 2.24) is 5.43 Å². The molecule has 0 aliphatic carbocycles. The van der Waals surface area contributed by atoms with Gasteiger partial charge < -0.3 is 5.32 Å². The standard InChI is InChI=1S/C20H17N3O2S/c1-26-16-11-9-14(10-12-16)13-21-23-20(25)19(24)22-18-8-4-6-15-5-2-3-7-17(15)18/h2-13H,1H3,(H,22,24)(H,23,25)/b21-13+. The van der Waals surface area contributed by atoms with Crippen LogP contribution in [0.4, 0.5) is 5.69 Å². The quantitative estimate of drug-likeness (QED) is 0.322. The van der Waals surface area contributed by atoms with E-state index in [-0.39, 0.29) is 0 Å². The molecule has 0 aliphatic rings. The number of thioether (sulfide) groups is 1. The van der Waals surface area contributed by atoms with Gasteiger partial charge in [0.2, 0.25) is 0 Å². The Hall–Kier alpha value is -3.12. The molecule has 2 amide bonds. The average molecular weight is 363 g/mol. The lowest BCUT2D eigenvalue weighted by Gasteiger charge is -2.07. The van der Waals surface area contributed by atoms with Crippen molar-refractivity contribution in [2.45, 2.75) is 4.90 Å². The summed E-state index contributed by atoms with van der Waals surface area (Å²) in [7, 11) is 0. The summed E-state index contributed by atoms with van der Waals surface area (Å²) in [5.41, 5.74) is 3.66. The molecule has 0 heterocycles. The first-order valence-corrected chi connectivity index (χ1v) is 9.16. The number of carbonyl (C=O) groups excluding carboxylic acids is 2. The third-order valence-corrected chi connectivity index (χ3v) is 4.48. The zero-order chi connectivity index (χ0) is 18.4. The topological polar surface area (TPSA) is 70.6 Å². The van der Waals surface area contributed by atoms with Crippen molar-refractivity contribution in [3.63, 3.8) is 0 Å². The first kappa shape index (κ1) is 17.7. The highest BCUT2D eigenvalue weighted by atomic mass is 32.2. The van der Waals surface area contributed by atoms with Crippen LogP contribution in [0.5, 0.6) is 0 Å². The van der Waals surface area contributed by atoms with Crippen molar-refractivity contribution < 1.29 is 9.59 Å². The van der Waals surface area contributed by atoms with Gasteiger partial charge in [-0.1, -0.05) is 48.5 Å². The third kappa shape index (κ3) is 4.29. The molecule has 2 N–H and O–H groups in total. The number of amides is 2. The van der Waals surface area contributed by atoms with E-state index in [0.717, 1.165) is 21.2 Å². The van der Waals surface area contributed by atoms with Crippen molar-refractivity contribution in [1.29, 1.82) is 0 Å². The van der Waals surface area contributed by atoms with E-state index in [1.165, 1.54) is 6.21 Å². The predicted octanol–water partition coefficient (Wildman–Crippen LogP) is 3.65. The molecule has 3 aromatic rings. The molecule has 6 heteroatoms. The molecule has 0 bridgehead atoms. The van der Waals surface area contributed by atoms with Crippen molar-refractivity contribution in [3.8, 4) is 0 Å². The molecule has 0 aromatic heterocycles. The lowest BCUT2D eigenvalue weighted by atomic mass is 10.1. The normalized spacial score (nSPS) is 10.8. The fourth-order valence-corrected chi connectivity index (χ4v) is 2.83. The summed E-state index contributed by atoms with van der Waals surface area (Å²) in [6.07, 6.45) is 3.49. The van der Waals surface area contributed by atoms with Crippen LogP contribution in [0, 0.1) is 0 Å². The zero-order valence-corrected chi connectivity index (χ0v) is 14.9. The number of hydrogen-bond donors (Lipinski definition) is 2. The molecule has 3 aromatic carbocycles. The van der Waals surface area contributed by atoms with Gasteiger partial charge in [0.05, 0.1) is 6.21 Å². The summed E-state index contributed by atoms with van der Waals surface area (Å²) in [6, 6.07) is 20.8. The fraction of sp³-hybridized carbons (Fsp3) is 0.0500. The van der Waals surface area contributed by atoms with Crippen molar-refractivity contribution in [2.75, 3.05) is 11.6 Å². The first-order chi connectivity index (χ1) is 12.7. The number of carbonyl (C=O) groups is 2. The van der Waals surface area contributed by atoms with Crippen molar-refractivity contribution in [2.24, 2.45) is 5.10 Å². The van der Waals surface area contributed by atoms with E-state index in [1.54, 1.807) is 17.8 Å². The lowest BCUT2D eigenvalue weighted by Crippen LogP contribution is -2.32. The lowest BCUT2D eigenvalue weighted by molar-refractivity contribution is -0.136. The predicted molar refractivity (Wildman–Crippen MR) is 107 cm³/mol. The van der Waals surface area contributed by atoms with Gasteiger partial charge in [-0.3, -0.25) is 9.59 Å². The van der Waals surface area contributed by atoms with Crippen molar-refractivity contribution >= 4 is 46.3 Å². The van der Waals surface area contributed by atoms with Gasteiger partial charge in [-0.15, -0.1) is 11.8 Å². The second-order valence-corrected chi connectivity index (χ2v) is 6.33. The number of rotatable bonds is 4. The summed E-state index contributed by atoms with van der Waals surface area (Å²) in [6.45, 7) is 0. The van der Waals surface area contributed by atoms with Gasteiger partial charge in [0.25, 0.3) is 0 Å². The van der Waals surface area contributed by atoms with E-state index in [1.807, 2.05) is 66.9 Å². The van der Waals surface area contributed by atoms with E-state index >= 15 is 0 Å². The van der Waals surface area contributed by atoms with Crippen LogP contribution in [0.3, 0.4) is 0 Å². The second-order valence-electron chi connectivity index (χ2n) is 5.45. The number of fused-ring (bicyclic) bond motifs is 1. The first-order valence-electron chi connectivity index (χ1n) is 7.93. The summed E-state index contributed by atoms with van der Waals surface area (Å²) in [5, 5.41) is 8.30. The Morgan fingerprint density at radius 1 is 0.923 bits per heavy atom. The molecule has 0 spiro atoms. The average Bonchev–Trinajstić information content (AvgIpc) is 2.68. The summed E-state index contributed by atoms with van der Waals surface area (Å²) < 4.78 is 0. The summed E-state index contributed by atoms with van der Waals surface area (Å²) in [5.74, 6) is -1.59. The second kappa shape index (κ2) is 8.31. The number of nitrogens with one attached hydrogen (secondary N) is 2. The van der Waals surface area contributed by atoms with Gasteiger partial charge in [0, 0.05) is 16.0 Å². The van der Waals surface area contributed by atoms with Gasteiger partial charge in [0.15, 0.2) is 0 Å². The number of benzene rings is 3. The minimum absolute atomic E-state index is 0.583. The van der Waals surface area contributed by atoms with E-state index < -0.39 is 11.8 Å². The molecule has 0 fully saturated rings. The van der Waals surface area contributed by atoms with Gasteiger partial charge in [0.1, 0.15) is 0 Å². The summed E-state index contributed by atoms with van der Waals surface area (Å²) in [4.78, 5) is 25.2. The Bertz CT molecular complexity index is 963. The molecule has 0 saturated heterocycles. The molecule has 0 aliphatic heterocycles. The smallest absolute Gasteiger partial charge is 0.317 e. The maximum atomic E-state index is 12.1. The third-order valence-electron chi connectivity index (χ3n) is 3.74. The Morgan fingerprint density at radius 3 is 2.42 bits per heavy atom. The van der Waals surface area contributed by atoms with Crippen LogP contribution in [-0.4, -0.2) is 24.3 Å². The molecular weight excluding hydrogens is 346 g/mol. The minimum Gasteiger partial charge on any atom is -0.317 e. The highest BCUT2D eigenvalue weighted by molar-refractivity contribution is 7.98. The monoisotopic (exact) mass is 363 g/mol. The van der Waals surface area contributed by atoms with Crippen LogP contribution < -0.4 is 10.7 Å². The molecular formula is C20H17N3O2S. The molecule has 3 rings (SSSR count). The fourth-order valence-electron chi connectivity index (χ4n) is 2.42. The molecule has 5 nitrogen and oxygen atoms in total. The van der Waals surface area contributed by atoms with Gasteiger partial charge in [-0.05, 0) is 35.4 Å². The Labute approximate surface area is 155 Å². The summed E-state index contributed by atoms with van der Waals surface area (Å²) >= 11 is 1.64. The van der Waals surface area contributed by atoms with Crippen LogP contribution in [-0.2, 0) is 9.59 Å². The minimum atomic E-state index is -0.824. The highest BCUT2D eigenvalue weighted by Gasteiger charge is 2.14. The van der Waals surface area contributed by atoms with E-state index in [4.69, 9.17) is 0 Å². The SMILES string of the molecule is CSc1ccc(/C=N/NC(=O)C(=O)Nc2cccc3ccccc23)cc1. The molecule has 0 radical (unpaired) electrons. The van der Waals surface area contributed by atoms with Crippen LogP contribution >= 0.6 is 11.8 Å². The maximum absolute atomic E-state index is 12.1. The number of hydrogen-bond acceptors (Lipinski definition) is 4. The van der Waals surface area contributed by atoms with Gasteiger partial charge in [-0.25, -0.2) is 5.43 Å². The van der Waals surface area contributed by atoms with Gasteiger partial charge in [-0.2, -0.15) is 5.10 Å². The number of nitrogens with zero attached hydrogens (tertiary/aromatic N) is 1. The molecule has 0 saturated carbocycles. The Morgan fingerprint density at radius 2 is 1.65 bits per heavy atom. The number of anilines is 1. The van der Waals surface area contributed by atoms with Crippen LogP contribution in [0.1, 0.15) is 5.56 Å². The molecule has 26 heavy (non-hydrogen) atoms. The zero-order valence-electron chi connectivity index (χ0n) is 14.1. The Balaban J connectivity index is 1.62. The van der Waals surface area contributed by atoms with E-state index in [0.29, 0.717) is 5.69 Å². The van der Waals surface area contributed by atoms with E-state index in [2.05, 4.69) is 15.8 Å². The maximum Gasteiger partial charge on any atom is 0.329 e. The Kier molecular flexibility index (Phi) is 5.66. The number of hydrazone groups is 1.